The van der Waals surface area contributed by atoms with Gasteiger partial charge in [-0.15, -0.1) is 0 Å². The largest absolute Gasteiger partial charge is 0.417 e. The Kier molecular flexibility index (Phi) is 2.45. The first-order valence-corrected chi connectivity index (χ1v) is 5.24. The molecule has 0 saturated carbocycles. The van der Waals surface area contributed by atoms with Crippen molar-refractivity contribution in [2.45, 2.75) is 32.4 Å². The van der Waals surface area contributed by atoms with Crippen LogP contribution in [0.25, 0.3) is 11.0 Å². The summed E-state index contributed by atoms with van der Waals surface area (Å²) in [6, 6.07) is 1.15. The Balaban J connectivity index is 2.67. The Bertz CT molecular complexity index is 547. The van der Waals surface area contributed by atoms with Crippen LogP contribution in [0, 0.1) is 0 Å². The molecule has 2 aromatic heterocycles. The molecule has 0 aliphatic carbocycles. The van der Waals surface area contributed by atoms with E-state index in [-0.39, 0.29) is 5.41 Å². The first-order valence-electron chi connectivity index (χ1n) is 5.24. The molecule has 92 valence electrons. The number of pyridine rings is 1. The summed E-state index contributed by atoms with van der Waals surface area (Å²) >= 11 is 0. The third kappa shape index (κ3) is 2.14. The number of aromatic amines is 1. The van der Waals surface area contributed by atoms with E-state index in [0.29, 0.717) is 11.0 Å². The quantitative estimate of drug-likeness (QED) is 0.746. The van der Waals surface area contributed by atoms with Gasteiger partial charge in [0, 0.05) is 17.8 Å². The second-order valence-corrected chi connectivity index (χ2v) is 5.07. The van der Waals surface area contributed by atoms with E-state index in [1.54, 1.807) is 6.20 Å². The fourth-order valence-electron chi connectivity index (χ4n) is 1.78. The molecule has 2 heterocycles. The maximum Gasteiger partial charge on any atom is 0.417 e. The summed E-state index contributed by atoms with van der Waals surface area (Å²) in [6.07, 6.45) is -1.78. The number of aromatic nitrogens is 2. The highest BCUT2D eigenvalue weighted by molar-refractivity contribution is 5.81. The highest BCUT2D eigenvalue weighted by Crippen LogP contribution is 2.34. The predicted molar refractivity (Wildman–Crippen MR) is 59.8 cm³/mol. The molecule has 17 heavy (non-hydrogen) atoms. The Labute approximate surface area is 96.9 Å². The van der Waals surface area contributed by atoms with Gasteiger partial charge in [0.05, 0.1) is 5.56 Å². The lowest BCUT2D eigenvalue weighted by Gasteiger charge is -2.17. The Morgan fingerprint density at radius 3 is 2.35 bits per heavy atom. The second kappa shape index (κ2) is 3.48. The smallest absolute Gasteiger partial charge is 0.346 e. The van der Waals surface area contributed by atoms with Gasteiger partial charge in [-0.2, -0.15) is 13.2 Å². The average Bonchev–Trinajstić information content (AvgIpc) is 2.57. The van der Waals surface area contributed by atoms with Crippen LogP contribution in [0.2, 0.25) is 0 Å². The number of H-pyrrole nitrogens is 1. The molecule has 0 unspecified atom stereocenters. The number of fused-ring (bicyclic) bond motifs is 1. The molecule has 0 atom stereocenters. The fraction of sp³-hybridized carbons (Fsp3) is 0.417. The number of nitrogens with zero attached hydrogens (tertiary/aromatic N) is 1. The van der Waals surface area contributed by atoms with Crippen molar-refractivity contribution in [1.82, 2.24) is 9.97 Å². The molecule has 0 radical (unpaired) electrons. The fourth-order valence-corrected chi connectivity index (χ4v) is 1.78. The maximum atomic E-state index is 12.6. The third-order valence-corrected chi connectivity index (χ3v) is 2.67. The molecule has 2 nitrogen and oxygen atoms in total. The van der Waals surface area contributed by atoms with Crippen molar-refractivity contribution in [3.05, 3.63) is 29.6 Å². The summed E-state index contributed by atoms with van der Waals surface area (Å²) < 4.78 is 37.8. The third-order valence-electron chi connectivity index (χ3n) is 2.67. The first kappa shape index (κ1) is 12.0. The number of halogens is 3. The van der Waals surface area contributed by atoms with E-state index < -0.39 is 11.7 Å². The van der Waals surface area contributed by atoms with Crippen LogP contribution in [0.4, 0.5) is 13.2 Å². The summed E-state index contributed by atoms with van der Waals surface area (Å²) in [4.78, 5) is 6.70. The molecule has 0 spiro atoms. The summed E-state index contributed by atoms with van der Waals surface area (Å²) in [5.74, 6) is 0. The van der Waals surface area contributed by atoms with E-state index in [2.05, 4.69) is 9.97 Å². The molecule has 0 fully saturated rings. The van der Waals surface area contributed by atoms with Gasteiger partial charge >= 0.3 is 6.18 Å². The molecule has 2 rings (SSSR count). The maximum absolute atomic E-state index is 12.6. The number of hydrogen-bond donors (Lipinski definition) is 1. The molecule has 0 aliphatic heterocycles. The molecular weight excluding hydrogens is 229 g/mol. The molecule has 0 bridgehead atoms. The number of rotatable bonds is 0. The zero-order valence-electron chi connectivity index (χ0n) is 9.81. The summed E-state index contributed by atoms with van der Waals surface area (Å²) in [7, 11) is 0. The van der Waals surface area contributed by atoms with E-state index in [1.807, 2.05) is 20.8 Å². The minimum atomic E-state index is -4.35. The second-order valence-electron chi connectivity index (χ2n) is 5.07. The molecule has 0 saturated heterocycles. The monoisotopic (exact) mass is 242 g/mol. The zero-order chi connectivity index (χ0) is 12.8. The van der Waals surface area contributed by atoms with Crippen LogP contribution in [0.15, 0.2) is 18.5 Å². The van der Waals surface area contributed by atoms with E-state index in [1.165, 1.54) is 0 Å². The van der Waals surface area contributed by atoms with Crippen LogP contribution in [0.3, 0.4) is 0 Å². The lowest BCUT2D eigenvalue weighted by molar-refractivity contribution is -0.137. The average molecular weight is 242 g/mol. The van der Waals surface area contributed by atoms with Gasteiger partial charge in [0.2, 0.25) is 0 Å². The van der Waals surface area contributed by atoms with E-state index in [0.717, 1.165) is 17.8 Å². The standard InChI is InChI=1S/C12H13F3N2/c1-11(2,3)9-6-17-10-8(9)4-7(5-16-10)12(13,14)15/h4-6H,1-3H3,(H,16,17). The number of alkyl halides is 3. The zero-order valence-corrected chi connectivity index (χ0v) is 9.81. The van der Waals surface area contributed by atoms with E-state index in [9.17, 15) is 13.2 Å². The van der Waals surface area contributed by atoms with Crippen LogP contribution in [0.1, 0.15) is 31.9 Å². The molecule has 0 aromatic carbocycles. The van der Waals surface area contributed by atoms with Crippen molar-refractivity contribution in [3.8, 4) is 0 Å². The highest BCUT2D eigenvalue weighted by atomic mass is 19.4. The predicted octanol–water partition coefficient (Wildman–Crippen LogP) is 3.88. The summed E-state index contributed by atoms with van der Waals surface area (Å²) in [5.41, 5.74) is 0.397. The van der Waals surface area contributed by atoms with Crippen molar-refractivity contribution in [2.75, 3.05) is 0 Å². The highest BCUT2D eigenvalue weighted by Gasteiger charge is 2.32. The van der Waals surface area contributed by atoms with Gasteiger partial charge in [0.1, 0.15) is 5.65 Å². The Hall–Kier alpha value is -1.52. The minimum absolute atomic E-state index is 0.218. The summed E-state index contributed by atoms with van der Waals surface area (Å²) in [6.45, 7) is 5.86. The van der Waals surface area contributed by atoms with Crippen LogP contribution in [0.5, 0.6) is 0 Å². The lowest BCUT2D eigenvalue weighted by Crippen LogP contribution is -2.11. The number of nitrogens with one attached hydrogen (secondary N) is 1. The molecule has 1 N–H and O–H groups in total. The Morgan fingerprint density at radius 1 is 1.18 bits per heavy atom. The van der Waals surface area contributed by atoms with Crippen LogP contribution in [-0.4, -0.2) is 9.97 Å². The SMILES string of the molecule is CC(C)(C)c1c[nH]c2ncc(C(F)(F)F)cc12. The lowest BCUT2D eigenvalue weighted by atomic mass is 9.87. The minimum Gasteiger partial charge on any atom is -0.346 e. The number of hydrogen-bond acceptors (Lipinski definition) is 1. The van der Waals surface area contributed by atoms with Crippen molar-refractivity contribution in [3.63, 3.8) is 0 Å². The van der Waals surface area contributed by atoms with Gasteiger partial charge in [-0.05, 0) is 17.0 Å². The van der Waals surface area contributed by atoms with Gasteiger partial charge in [-0.1, -0.05) is 20.8 Å². The van der Waals surface area contributed by atoms with Gasteiger partial charge in [-0.25, -0.2) is 4.98 Å². The van der Waals surface area contributed by atoms with Gasteiger partial charge in [0.15, 0.2) is 0 Å². The first-order chi connectivity index (χ1) is 7.69. The van der Waals surface area contributed by atoms with Crippen LogP contribution < -0.4 is 0 Å². The molecular formula is C12H13F3N2. The Morgan fingerprint density at radius 2 is 1.82 bits per heavy atom. The van der Waals surface area contributed by atoms with Crippen molar-refractivity contribution in [1.29, 1.82) is 0 Å². The summed E-state index contributed by atoms with van der Waals surface area (Å²) in [5, 5.41) is 0.535. The van der Waals surface area contributed by atoms with Gasteiger partial charge < -0.3 is 4.98 Å². The van der Waals surface area contributed by atoms with Crippen molar-refractivity contribution >= 4 is 11.0 Å². The topological polar surface area (TPSA) is 28.7 Å². The van der Waals surface area contributed by atoms with Crippen LogP contribution in [-0.2, 0) is 11.6 Å². The van der Waals surface area contributed by atoms with Crippen molar-refractivity contribution < 1.29 is 13.2 Å². The molecule has 2 aromatic rings. The van der Waals surface area contributed by atoms with Crippen LogP contribution >= 0.6 is 0 Å². The molecule has 0 aliphatic rings. The van der Waals surface area contributed by atoms with E-state index in [4.69, 9.17) is 0 Å². The van der Waals surface area contributed by atoms with E-state index >= 15 is 0 Å². The van der Waals surface area contributed by atoms with Gasteiger partial charge in [-0.3, -0.25) is 0 Å². The normalized spacial score (nSPS) is 13.3. The van der Waals surface area contributed by atoms with Gasteiger partial charge in [0.25, 0.3) is 0 Å². The van der Waals surface area contributed by atoms with Crippen molar-refractivity contribution in [2.24, 2.45) is 0 Å². The molecule has 0 amide bonds. The molecule has 5 heteroatoms.